The second-order valence-corrected chi connectivity index (χ2v) is 4.42. The Bertz CT molecular complexity index is 317. The highest BCUT2D eigenvalue weighted by molar-refractivity contribution is 9.10. The highest BCUT2D eigenvalue weighted by Crippen LogP contribution is 2.20. The maximum atomic E-state index is 13.3. The lowest BCUT2D eigenvalue weighted by molar-refractivity contribution is 0.155. The molecule has 1 aromatic rings. The summed E-state index contributed by atoms with van der Waals surface area (Å²) in [6.45, 7) is 5.93. The fourth-order valence-electron chi connectivity index (χ4n) is 0.801. The molecule has 1 aromatic heterocycles. The topological polar surface area (TPSA) is 22.1 Å². The van der Waals surface area contributed by atoms with Crippen LogP contribution >= 0.6 is 15.9 Å². The van der Waals surface area contributed by atoms with Crippen LogP contribution in [0.3, 0.4) is 0 Å². The Balaban J connectivity index is 2.77. The third-order valence-electron chi connectivity index (χ3n) is 2.01. The molecule has 78 valence electrons. The van der Waals surface area contributed by atoms with Crippen molar-refractivity contribution in [1.82, 2.24) is 4.98 Å². The molecule has 0 aliphatic heterocycles. The first-order valence-corrected chi connectivity index (χ1v) is 5.27. The van der Waals surface area contributed by atoms with E-state index in [1.165, 1.54) is 12.3 Å². The van der Waals surface area contributed by atoms with E-state index < -0.39 is 5.82 Å². The monoisotopic (exact) mass is 261 g/mol. The standard InChI is InChI=1S/C10H13BrFNO/c1-6(2)7(3)14-10-9(12)4-8(11)5-13-10/h4-7H,1-3H3. The van der Waals surface area contributed by atoms with Crippen molar-refractivity contribution in [3.63, 3.8) is 0 Å². The van der Waals surface area contributed by atoms with Crippen molar-refractivity contribution >= 4 is 15.9 Å². The molecule has 2 nitrogen and oxygen atoms in total. The molecule has 0 radical (unpaired) electrons. The first-order chi connectivity index (χ1) is 6.50. The molecule has 1 heterocycles. The largest absolute Gasteiger partial charge is 0.472 e. The van der Waals surface area contributed by atoms with Gasteiger partial charge in [0.1, 0.15) is 6.10 Å². The average molecular weight is 262 g/mol. The number of pyridine rings is 1. The maximum Gasteiger partial charge on any atom is 0.250 e. The Labute approximate surface area is 91.6 Å². The zero-order valence-electron chi connectivity index (χ0n) is 8.42. The molecule has 1 rings (SSSR count). The molecule has 0 aliphatic carbocycles. The van der Waals surface area contributed by atoms with Crippen LogP contribution < -0.4 is 4.74 Å². The van der Waals surface area contributed by atoms with Crippen LogP contribution in [-0.2, 0) is 0 Å². The van der Waals surface area contributed by atoms with Crippen molar-refractivity contribution < 1.29 is 9.13 Å². The highest BCUT2D eigenvalue weighted by atomic mass is 79.9. The number of rotatable bonds is 3. The van der Waals surface area contributed by atoms with Crippen molar-refractivity contribution in [2.75, 3.05) is 0 Å². The van der Waals surface area contributed by atoms with Crippen LogP contribution in [0.25, 0.3) is 0 Å². The van der Waals surface area contributed by atoms with E-state index >= 15 is 0 Å². The van der Waals surface area contributed by atoms with Crippen molar-refractivity contribution in [3.8, 4) is 5.88 Å². The first kappa shape index (κ1) is 11.4. The minimum atomic E-state index is -0.438. The summed E-state index contributed by atoms with van der Waals surface area (Å²) in [5.41, 5.74) is 0. The smallest absolute Gasteiger partial charge is 0.250 e. The zero-order chi connectivity index (χ0) is 10.7. The summed E-state index contributed by atoms with van der Waals surface area (Å²) < 4.78 is 19.2. The van der Waals surface area contributed by atoms with Crippen LogP contribution in [0.15, 0.2) is 16.7 Å². The molecule has 0 aromatic carbocycles. The van der Waals surface area contributed by atoms with Gasteiger partial charge in [0.15, 0.2) is 5.82 Å². The molecule has 1 atom stereocenters. The lowest BCUT2D eigenvalue weighted by Gasteiger charge is -2.17. The molecule has 4 heteroatoms. The van der Waals surface area contributed by atoms with Gasteiger partial charge in [0.25, 0.3) is 5.88 Å². The predicted octanol–water partition coefficient (Wildman–Crippen LogP) is 3.41. The van der Waals surface area contributed by atoms with Crippen LogP contribution in [0.1, 0.15) is 20.8 Å². The van der Waals surface area contributed by atoms with E-state index in [9.17, 15) is 4.39 Å². The van der Waals surface area contributed by atoms with Gasteiger partial charge >= 0.3 is 0 Å². The van der Waals surface area contributed by atoms with Crippen LogP contribution in [0.4, 0.5) is 4.39 Å². The van der Waals surface area contributed by atoms with Gasteiger partial charge in [0, 0.05) is 10.7 Å². The van der Waals surface area contributed by atoms with Crippen LogP contribution in [0.2, 0.25) is 0 Å². The lowest BCUT2D eigenvalue weighted by atomic mass is 10.1. The summed E-state index contributed by atoms with van der Waals surface area (Å²) in [4.78, 5) is 3.86. The Morgan fingerprint density at radius 2 is 2.07 bits per heavy atom. The SMILES string of the molecule is CC(C)C(C)Oc1ncc(Br)cc1F. The second kappa shape index (κ2) is 4.73. The summed E-state index contributed by atoms with van der Waals surface area (Å²) in [6, 6.07) is 1.34. The number of hydrogen-bond acceptors (Lipinski definition) is 2. The molecule has 0 aliphatic rings. The van der Waals surface area contributed by atoms with Gasteiger partial charge in [-0.15, -0.1) is 0 Å². The molecule has 1 unspecified atom stereocenters. The molecule has 0 bridgehead atoms. The molecule has 0 fully saturated rings. The molecule has 0 amide bonds. The van der Waals surface area contributed by atoms with E-state index in [-0.39, 0.29) is 12.0 Å². The van der Waals surface area contributed by atoms with Crippen LogP contribution in [-0.4, -0.2) is 11.1 Å². The van der Waals surface area contributed by atoms with Crippen molar-refractivity contribution in [3.05, 3.63) is 22.6 Å². The fourth-order valence-corrected chi connectivity index (χ4v) is 1.10. The van der Waals surface area contributed by atoms with Crippen LogP contribution in [0, 0.1) is 11.7 Å². The minimum Gasteiger partial charge on any atom is -0.472 e. The second-order valence-electron chi connectivity index (χ2n) is 3.51. The summed E-state index contributed by atoms with van der Waals surface area (Å²) in [6.07, 6.45) is 1.48. The summed E-state index contributed by atoms with van der Waals surface area (Å²) >= 11 is 3.13. The summed E-state index contributed by atoms with van der Waals surface area (Å²) in [5, 5.41) is 0. The quantitative estimate of drug-likeness (QED) is 0.832. The van der Waals surface area contributed by atoms with Crippen LogP contribution in [0.5, 0.6) is 5.88 Å². The Morgan fingerprint density at radius 3 is 2.57 bits per heavy atom. The third kappa shape index (κ3) is 2.94. The van der Waals surface area contributed by atoms with E-state index in [4.69, 9.17) is 4.74 Å². The summed E-state index contributed by atoms with van der Waals surface area (Å²) in [7, 11) is 0. The predicted molar refractivity (Wildman–Crippen MR) is 56.8 cm³/mol. The first-order valence-electron chi connectivity index (χ1n) is 4.48. The summed E-state index contributed by atoms with van der Waals surface area (Å²) in [5.74, 6) is -0.0406. The van der Waals surface area contributed by atoms with Gasteiger partial charge < -0.3 is 4.74 Å². The van der Waals surface area contributed by atoms with Gasteiger partial charge in [-0.25, -0.2) is 9.37 Å². The van der Waals surface area contributed by atoms with Gasteiger partial charge in [-0.1, -0.05) is 13.8 Å². The average Bonchev–Trinajstić information content (AvgIpc) is 2.09. The maximum absolute atomic E-state index is 13.3. The number of aromatic nitrogens is 1. The number of nitrogens with zero attached hydrogens (tertiary/aromatic N) is 1. The molecule has 0 spiro atoms. The van der Waals surface area contributed by atoms with Gasteiger partial charge in [-0.3, -0.25) is 0 Å². The van der Waals surface area contributed by atoms with Crippen molar-refractivity contribution in [2.45, 2.75) is 26.9 Å². The van der Waals surface area contributed by atoms with E-state index in [0.717, 1.165) is 0 Å². The number of halogens is 2. The van der Waals surface area contributed by atoms with Gasteiger partial charge in [0.05, 0.1) is 0 Å². The molecule has 0 N–H and O–H groups in total. The third-order valence-corrected chi connectivity index (χ3v) is 2.44. The van der Waals surface area contributed by atoms with Crippen molar-refractivity contribution in [2.24, 2.45) is 5.92 Å². The van der Waals surface area contributed by atoms with Gasteiger partial charge in [0.2, 0.25) is 0 Å². The molecule has 0 saturated heterocycles. The molecular weight excluding hydrogens is 249 g/mol. The van der Waals surface area contributed by atoms with E-state index in [1.54, 1.807) is 0 Å². The molecule has 14 heavy (non-hydrogen) atoms. The Morgan fingerprint density at radius 1 is 1.43 bits per heavy atom. The lowest BCUT2D eigenvalue weighted by Crippen LogP contribution is -2.19. The fraction of sp³-hybridized carbons (Fsp3) is 0.500. The van der Waals surface area contributed by atoms with Crippen molar-refractivity contribution in [1.29, 1.82) is 0 Å². The van der Waals surface area contributed by atoms with E-state index in [0.29, 0.717) is 10.4 Å². The minimum absolute atomic E-state index is 0.0434. The van der Waals surface area contributed by atoms with Gasteiger partial charge in [-0.05, 0) is 34.8 Å². The number of hydrogen-bond donors (Lipinski definition) is 0. The molecule has 0 saturated carbocycles. The molecular formula is C10H13BrFNO. The van der Waals surface area contributed by atoms with Gasteiger partial charge in [-0.2, -0.15) is 0 Å². The van der Waals surface area contributed by atoms with E-state index in [1.807, 2.05) is 20.8 Å². The zero-order valence-corrected chi connectivity index (χ0v) is 10.0. The normalized spacial score (nSPS) is 13.0. The van der Waals surface area contributed by atoms with E-state index in [2.05, 4.69) is 20.9 Å². The highest BCUT2D eigenvalue weighted by Gasteiger charge is 2.12. The number of ether oxygens (including phenoxy) is 1. The Kier molecular flexibility index (Phi) is 3.86. The Hall–Kier alpha value is -0.640.